The minimum Gasteiger partial charge on any atom is -0.461 e. The Labute approximate surface area is 103 Å². The molecular formula is C9H9ClF6O2. The van der Waals surface area contributed by atoms with Gasteiger partial charge in [0.1, 0.15) is 6.10 Å². The van der Waals surface area contributed by atoms with Gasteiger partial charge in [-0.2, -0.15) is 26.3 Å². The zero-order chi connectivity index (χ0) is 14.2. The highest BCUT2D eigenvalue weighted by Gasteiger charge is 2.76. The lowest BCUT2D eigenvalue weighted by molar-refractivity contribution is -0.269. The second-order valence-corrected chi connectivity index (χ2v) is 4.53. The molecule has 1 aliphatic rings. The van der Waals surface area contributed by atoms with E-state index in [9.17, 15) is 31.1 Å². The first-order valence-electron chi connectivity index (χ1n) is 5.03. The van der Waals surface area contributed by atoms with Crippen molar-refractivity contribution in [1.29, 1.82) is 0 Å². The minimum atomic E-state index is -5.97. The van der Waals surface area contributed by atoms with Crippen molar-refractivity contribution >= 4 is 17.6 Å². The molecule has 1 aliphatic carbocycles. The van der Waals surface area contributed by atoms with Crippen molar-refractivity contribution < 1.29 is 35.9 Å². The lowest BCUT2D eigenvalue weighted by atomic mass is 10.1. The zero-order valence-corrected chi connectivity index (χ0v) is 9.62. The lowest BCUT2D eigenvalue weighted by Crippen LogP contribution is -2.59. The van der Waals surface area contributed by atoms with Crippen molar-refractivity contribution in [2.24, 2.45) is 0 Å². The Balaban J connectivity index is 2.93. The number of esters is 1. The highest BCUT2D eigenvalue weighted by molar-refractivity contribution is 6.35. The fourth-order valence-corrected chi connectivity index (χ4v) is 1.68. The Morgan fingerprint density at radius 3 is 1.72 bits per heavy atom. The highest BCUT2D eigenvalue weighted by atomic mass is 35.5. The normalized spacial score (nSPS) is 19.1. The average molecular weight is 299 g/mol. The van der Waals surface area contributed by atoms with E-state index in [1.54, 1.807) is 0 Å². The van der Waals surface area contributed by atoms with Crippen LogP contribution in [0.5, 0.6) is 0 Å². The third-order valence-electron chi connectivity index (χ3n) is 2.64. The van der Waals surface area contributed by atoms with E-state index in [0.29, 0.717) is 12.8 Å². The van der Waals surface area contributed by atoms with E-state index in [2.05, 4.69) is 16.3 Å². The lowest BCUT2D eigenvalue weighted by Gasteiger charge is -2.30. The summed E-state index contributed by atoms with van der Waals surface area (Å²) < 4.78 is 78.4. The maximum atomic E-state index is 12.4. The van der Waals surface area contributed by atoms with E-state index in [1.807, 2.05) is 0 Å². The van der Waals surface area contributed by atoms with Crippen LogP contribution in [0.1, 0.15) is 25.7 Å². The summed E-state index contributed by atoms with van der Waals surface area (Å²) in [5, 5.41) is 0. The first-order valence-corrected chi connectivity index (χ1v) is 5.41. The molecule has 1 fully saturated rings. The smallest absolute Gasteiger partial charge is 0.427 e. The molecule has 1 rings (SSSR count). The van der Waals surface area contributed by atoms with Crippen molar-refractivity contribution in [3.63, 3.8) is 0 Å². The predicted molar refractivity (Wildman–Crippen MR) is 49.0 cm³/mol. The molecule has 0 aromatic carbocycles. The second kappa shape index (κ2) is 4.79. The summed E-state index contributed by atoms with van der Waals surface area (Å²) in [6.45, 7) is 0. The molecule has 0 heterocycles. The Kier molecular flexibility index (Phi) is 4.10. The monoisotopic (exact) mass is 298 g/mol. The van der Waals surface area contributed by atoms with Gasteiger partial charge in [-0.3, -0.25) is 0 Å². The summed E-state index contributed by atoms with van der Waals surface area (Å²) in [6.07, 6.45) is -11.2. The molecule has 0 spiro atoms. The summed E-state index contributed by atoms with van der Waals surface area (Å²) in [4.78, 5) is 6.12. The number of carbonyl (C=O) groups is 1. The number of halogens is 7. The number of carbonyl (C=O) groups excluding carboxylic acids is 1. The van der Waals surface area contributed by atoms with Crippen molar-refractivity contribution in [3.05, 3.63) is 0 Å². The van der Waals surface area contributed by atoms with Crippen LogP contribution in [0.4, 0.5) is 26.3 Å². The van der Waals surface area contributed by atoms with Crippen LogP contribution in [0.25, 0.3) is 0 Å². The first kappa shape index (κ1) is 15.4. The Bertz CT molecular complexity index is 304. The second-order valence-electron chi connectivity index (χ2n) is 3.97. The summed E-state index contributed by atoms with van der Waals surface area (Å²) in [5.74, 6) is -2.50. The van der Waals surface area contributed by atoms with Gasteiger partial charge in [-0.1, -0.05) is 11.6 Å². The number of hydrogen-bond acceptors (Lipinski definition) is 2. The van der Waals surface area contributed by atoms with E-state index < -0.39 is 29.3 Å². The van der Waals surface area contributed by atoms with Crippen LogP contribution >= 0.6 is 11.6 Å². The Morgan fingerprint density at radius 1 is 1.00 bits per heavy atom. The fraction of sp³-hybridized carbons (Fsp3) is 0.889. The quantitative estimate of drug-likeness (QED) is 0.442. The molecule has 2 nitrogen and oxygen atoms in total. The van der Waals surface area contributed by atoms with E-state index in [0.717, 1.165) is 0 Å². The maximum Gasteiger partial charge on any atom is 0.427 e. The number of alkyl halides is 7. The third-order valence-corrected chi connectivity index (χ3v) is 3.22. The Hall–Kier alpha value is -0.660. The number of rotatable bonds is 2. The topological polar surface area (TPSA) is 26.3 Å². The minimum absolute atomic E-state index is 0.244. The summed E-state index contributed by atoms with van der Waals surface area (Å²) in [7, 11) is 0. The summed E-state index contributed by atoms with van der Waals surface area (Å²) >= 11 is 4.50. The summed E-state index contributed by atoms with van der Waals surface area (Å²) in [5.41, 5.74) is 0. The van der Waals surface area contributed by atoms with Gasteiger partial charge in [0, 0.05) is 0 Å². The van der Waals surface area contributed by atoms with Gasteiger partial charge in [-0.05, 0) is 25.7 Å². The standard InChI is InChI=1S/C9H9ClF6O2/c10-7(8(11,12)13,9(14,15)16)6(17)18-5-3-1-2-4-5/h5H,1-4H2. The molecule has 0 unspecified atom stereocenters. The molecule has 106 valence electrons. The molecule has 0 aromatic rings. The van der Waals surface area contributed by atoms with E-state index in [4.69, 9.17) is 0 Å². The average Bonchev–Trinajstić information content (AvgIpc) is 2.65. The predicted octanol–water partition coefficient (Wildman–Crippen LogP) is 3.57. The molecule has 0 atom stereocenters. The van der Waals surface area contributed by atoms with Gasteiger partial charge in [0.15, 0.2) is 0 Å². The summed E-state index contributed by atoms with van der Waals surface area (Å²) in [6, 6.07) is 0. The van der Waals surface area contributed by atoms with Crippen molar-refractivity contribution in [3.8, 4) is 0 Å². The largest absolute Gasteiger partial charge is 0.461 e. The van der Waals surface area contributed by atoms with Gasteiger partial charge in [-0.25, -0.2) is 4.79 Å². The van der Waals surface area contributed by atoms with Crippen LogP contribution < -0.4 is 0 Å². The molecule has 0 saturated heterocycles. The van der Waals surface area contributed by atoms with Crippen LogP contribution in [0.15, 0.2) is 0 Å². The molecular weight excluding hydrogens is 290 g/mol. The molecule has 1 saturated carbocycles. The van der Waals surface area contributed by atoms with E-state index in [-0.39, 0.29) is 12.8 Å². The van der Waals surface area contributed by atoms with Gasteiger partial charge in [-0.15, -0.1) is 0 Å². The molecule has 0 aliphatic heterocycles. The Morgan fingerprint density at radius 2 is 1.39 bits per heavy atom. The van der Waals surface area contributed by atoms with Gasteiger partial charge in [0.25, 0.3) is 0 Å². The van der Waals surface area contributed by atoms with Crippen LogP contribution in [0.2, 0.25) is 0 Å². The fourth-order valence-electron chi connectivity index (χ4n) is 1.63. The molecule has 0 amide bonds. The number of hydrogen-bond donors (Lipinski definition) is 0. The maximum absolute atomic E-state index is 12.4. The molecule has 0 bridgehead atoms. The molecule has 18 heavy (non-hydrogen) atoms. The van der Waals surface area contributed by atoms with Crippen molar-refractivity contribution in [1.82, 2.24) is 0 Å². The molecule has 0 N–H and O–H groups in total. The van der Waals surface area contributed by atoms with Gasteiger partial charge < -0.3 is 4.74 Å². The number of ether oxygens (including phenoxy) is 1. The van der Waals surface area contributed by atoms with Crippen LogP contribution in [0, 0.1) is 0 Å². The van der Waals surface area contributed by atoms with Gasteiger partial charge >= 0.3 is 23.2 Å². The third kappa shape index (κ3) is 2.67. The van der Waals surface area contributed by atoms with E-state index >= 15 is 0 Å². The zero-order valence-electron chi connectivity index (χ0n) is 8.87. The first-order chi connectivity index (χ1) is 8.00. The van der Waals surface area contributed by atoms with Crippen LogP contribution in [-0.4, -0.2) is 29.3 Å². The van der Waals surface area contributed by atoms with Crippen LogP contribution in [-0.2, 0) is 9.53 Å². The molecule has 0 radical (unpaired) electrons. The van der Waals surface area contributed by atoms with Gasteiger partial charge in [0.05, 0.1) is 0 Å². The van der Waals surface area contributed by atoms with E-state index in [1.165, 1.54) is 0 Å². The van der Waals surface area contributed by atoms with Gasteiger partial charge in [0.2, 0.25) is 0 Å². The SMILES string of the molecule is O=C(OC1CCCC1)C(Cl)(C(F)(F)F)C(F)(F)F. The van der Waals surface area contributed by atoms with Crippen molar-refractivity contribution in [2.45, 2.75) is 49.0 Å². The van der Waals surface area contributed by atoms with Crippen LogP contribution in [0.3, 0.4) is 0 Å². The van der Waals surface area contributed by atoms with Crippen molar-refractivity contribution in [2.75, 3.05) is 0 Å². The highest BCUT2D eigenvalue weighted by Crippen LogP contribution is 2.49. The molecule has 0 aromatic heterocycles. The molecule has 9 heteroatoms.